The number of aromatic nitrogens is 1. The summed E-state index contributed by atoms with van der Waals surface area (Å²) in [7, 11) is 0. The summed E-state index contributed by atoms with van der Waals surface area (Å²) in [4.78, 5) is 4.54. The Labute approximate surface area is 120 Å². The Morgan fingerprint density at radius 1 is 1.10 bits per heavy atom. The van der Waals surface area contributed by atoms with E-state index in [-0.39, 0.29) is 0 Å². The fourth-order valence-corrected chi connectivity index (χ4v) is 5.57. The summed E-state index contributed by atoms with van der Waals surface area (Å²) in [6, 6.07) is 0.727. The molecule has 0 amide bonds. The van der Waals surface area contributed by atoms with Crippen LogP contribution in [0.25, 0.3) is 0 Å². The third-order valence-electron chi connectivity index (χ3n) is 6.23. The third-order valence-corrected chi connectivity index (χ3v) is 6.23. The van der Waals surface area contributed by atoms with Gasteiger partial charge in [0.25, 0.3) is 0 Å². The van der Waals surface area contributed by atoms with E-state index in [9.17, 15) is 0 Å². The molecule has 1 N–H and O–H groups in total. The minimum Gasteiger partial charge on any atom is -0.444 e. The number of oxazole rings is 1. The first-order valence-electron chi connectivity index (χ1n) is 8.48. The van der Waals surface area contributed by atoms with Crippen molar-refractivity contribution in [3.63, 3.8) is 0 Å². The summed E-state index contributed by atoms with van der Waals surface area (Å²) >= 11 is 0. The highest BCUT2D eigenvalue weighted by atomic mass is 16.4. The number of rotatable bonds is 4. The Bertz CT molecular complexity index is 482. The Morgan fingerprint density at radius 2 is 1.75 bits per heavy atom. The predicted molar refractivity (Wildman–Crippen MR) is 76.2 cm³/mol. The van der Waals surface area contributed by atoms with E-state index >= 15 is 0 Å². The minimum absolute atomic E-state index is 0.361. The Morgan fingerprint density at radius 3 is 2.35 bits per heavy atom. The van der Waals surface area contributed by atoms with Crippen LogP contribution in [0.2, 0.25) is 0 Å². The van der Waals surface area contributed by atoms with Gasteiger partial charge in [-0.2, -0.15) is 0 Å². The summed E-state index contributed by atoms with van der Waals surface area (Å²) in [6.45, 7) is 0.817. The van der Waals surface area contributed by atoms with E-state index in [4.69, 9.17) is 4.42 Å². The quantitative estimate of drug-likeness (QED) is 0.913. The van der Waals surface area contributed by atoms with Crippen LogP contribution < -0.4 is 5.32 Å². The molecule has 5 fully saturated rings. The summed E-state index contributed by atoms with van der Waals surface area (Å²) in [5, 5.41) is 3.50. The highest BCUT2D eigenvalue weighted by Gasteiger charge is 2.53. The summed E-state index contributed by atoms with van der Waals surface area (Å²) in [6.07, 6.45) is 13.3. The highest BCUT2D eigenvalue weighted by Crippen LogP contribution is 2.60. The number of hydrogen-bond acceptors (Lipinski definition) is 3. The van der Waals surface area contributed by atoms with Crippen molar-refractivity contribution in [1.29, 1.82) is 0 Å². The van der Waals surface area contributed by atoms with Crippen molar-refractivity contribution in [2.75, 3.05) is 0 Å². The van der Waals surface area contributed by atoms with E-state index in [0.29, 0.717) is 5.41 Å². The van der Waals surface area contributed by atoms with Crippen molar-refractivity contribution >= 4 is 0 Å². The Balaban J connectivity index is 1.38. The second-order valence-electron chi connectivity index (χ2n) is 7.97. The van der Waals surface area contributed by atoms with Crippen molar-refractivity contribution in [2.24, 2.45) is 17.8 Å². The van der Waals surface area contributed by atoms with Crippen molar-refractivity contribution < 1.29 is 4.42 Å². The van der Waals surface area contributed by atoms with Crippen LogP contribution in [0, 0.1) is 17.8 Å². The molecule has 4 bridgehead atoms. The maximum Gasteiger partial charge on any atom is 0.208 e. The van der Waals surface area contributed by atoms with E-state index in [1.54, 1.807) is 0 Å². The molecule has 0 radical (unpaired) electrons. The van der Waals surface area contributed by atoms with Gasteiger partial charge >= 0.3 is 0 Å². The third kappa shape index (κ3) is 1.86. The SMILES string of the molecule is c1nc(CNC2CC2)oc1C12CC3CC(CC(C3)C1)C2. The van der Waals surface area contributed by atoms with Crippen molar-refractivity contribution in [1.82, 2.24) is 10.3 Å². The van der Waals surface area contributed by atoms with Gasteiger partial charge in [-0.3, -0.25) is 0 Å². The molecule has 1 aromatic rings. The molecule has 1 heterocycles. The standard InChI is InChI=1S/C17H24N2O/c1-2-14(1)18-10-16-19-9-15(20-16)17-6-11-3-12(7-17)5-13(4-11)8-17/h9,11-14,18H,1-8,10H2. The number of nitrogens with zero attached hydrogens (tertiary/aromatic N) is 1. The zero-order valence-corrected chi connectivity index (χ0v) is 12.1. The number of hydrogen-bond donors (Lipinski definition) is 1. The Kier molecular flexibility index (Phi) is 2.41. The first-order valence-corrected chi connectivity index (χ1v) is 8.48. The van der Waals surface area contributed by atoms with Gasteiger partial charge in [0, 0.05) is 11.5 Å². The summed E-state index contributed by atoms with van der Waals surface area (Å²) in [5.74, 6) is 5.03. The van der Waals surface area contributed by atoms with Crippen LogP contribution in [-0.4, -0.2) is 11.0 Å². The maximum atomic E-state index is 6.17. The molecule has 0 aromatic carbocycles. The van der Waals surface area contributed by atoms with Crippen LogP contribution in [0.1, 0.15) is 63.0 Å². The molecule has 0 spiro atoms. The largest absolute Gasteiger partial charge is 0.444 e. The monoisotopic (exact) mass is 272 g/mol. The van der Waals surface area contributed by atoms with Gasteiger partial charge in [-0.25, -0.2) is 4.98 Å². The van der Waals surface area contributed by atoms with Crippen LogP contribution in [0.3, 0.4) is 0 Å². The second kappa shape index (κ2) is 4.09. The zero-order valence-electron chi connectivity index (χ0n) is 12.1. The van der Waals surface area contributed by atoms with Crippen molar-refractivity contribution in [2.45, 2.75) is 69.4 Å². The molecule has 5 aliphatic rings. The van der Waals surface area contributed by atoms with Gasteiger partial charge in [-0.15, -0.1) is 0 Å². The lowest BCUT2D eigenvalue weighted by atomic mass is 9.49. The molecule has 20 heavy (non-hydrogen) atoms. The molecule has 5 saturated carbocycles. The predicted octanol–water partition coefficient (Wildman–Crippen LogP) is 3.39. The second-order valence-corrected chi connectivity index (χ2v) is 7.97. The van der Waals surface area contributed by atoms with Crippen LogP contribution >= 0.6 is 0 Å². The van der Waals surface area contributed by atoms with Crippen LogP contribution in [0.5, 0.6) is 0 Å². The zero-order chi connectivity index (χ0) is 13.2. The van der Waals surface area contributed by atoms with E-state index < -0.39 is 0 Å². The van der Waals surface area contributed by atoms with Gasteiger partial charge in [0.2, 0.25) is 5.89 Å². The average Bonchev–Trinajstić information content (AvgIpc) is 3.11. The van der Waals surface area contributed by atoms with Gasteiger partial charge in [0.15, 0.2) is 0 Å². The lowest BCUT2D eigenvalue weighted by Crippen LogP contribution is -2.48. The van der Waals surface area contributed by atoms with E-state index in [1.165, 1.54) is 57.1 Å². The highest BCUT2D eigenvalue weighted by molar-refractivity contribution is 5.19. The van der Waals surface area contributed by atoms with Crippen molar-refractivity contribution in [3.05, 3.63) is 17.8 Å². The molecule has 0 atom stereocenters. The van der Waals surface area contributed by atoms with Crippen LogP contribution in [0.4, 0.5) is 0 Å². The van der Waals surface area contributed by atoms with Gasteiger partial charge in [0.05, 0.1) is 12.7 Å². The lowest BCUT2D eigenvalue weighted by molar-refractivity contribution is -0.0156. The normalized spacial score (nSPS) is 42.3. The maximum absolute atomic E-state index is 6.17. The lowest BCUT2D eigenvalue weighted by Gasteiger charge is -2.55. The van der Waals surface area contributed by atoms with E-state index in [1.807, 2.05) is 0 Å². The molecular formula is C17H24N2O. The molecule has 0 saturated heterocycles. The minimum atomic E-state index is 0.361. The fraction of sp³-hybridized carbons (Fsp3) is 0.824. The number of nitrogens with one attached hydrogen (secondary N) is 1. The van der Waals surface area contributed by atoms with E-state index in [0.717, 1.165) is 36.2 Å². The molecular weight excluding hydrogens is 248 g/mol. The molecule has 0 unspecified atom stereocenters. The van der Waals surface area contributed by atoms with Gasteiger partial charge in [-0.1, -0.05) is 0 Å². The topological polar surface area (TPSA) is 38.1 Å². The average molecular weight is 272 g/mol. The van der Waals surface area contributed by atoms with E-state index in [2.05, 4.69) is 16.5 Å². The molecule has 0 aliphatic heterocycles. The smallest absolute Gasteiger partial charge is 0.208 e. The first kappa shape index (κ1) is 11.8. The van der Waals surface area contributed by atoms with Gasteiger partial charge in [-0.05, 0) is 69.1 Å². The van der Waals surface area contributed by atoms with Crippen molar-refractivity contribution in [3.8, 4) is 0 Å². The molecule has 3 nitrogen and oxygen atoms in total. The summed E-state index contributed by atoms with van der Waals surface area (Å²) in [5.41, 5.74) is 0.361. The molecule has 1 aromatic heterocycles. The van der Waals surface area contributed by atoms with Gasteiger partial charge in [0.1, 0.15) is 5.76 Å². The van der Waals surface area contributed by atoms with Gasteiger partial charge < -0.3 is 9.73 Å². The molecule has 5 aliphatic carbocycles. The summed E-state index contributed by atoms with van der Waals surface area (Å²) < 4.78 is 6.17. The molecule has 3 heteroatoms. The Hall–Kier alpha value is -0.830. The first-order chi connectivity index (χ1) is 9.79. The molecule has 6 rings (SSSR count). The molecule has 108 valence electrons. The van der Waals surface area contributed by atoms with Crippen LogP contribution in [-0.2, 0) is 12.0 Å². The fourth-order valence-electron chi connectivity index (χ4n) is 5.57. The van der Waals surface area contributed by atoms with Crippen LogP contribution in [0.15, 0.2) is 10.6 Å².